The van der Waals surface area contributed by atoms with Gasteiger partial charge in [0.25, 0.3) is 0 Å². The number of nitrogens with one attached hydrogen (secondary N) is 1. The molecular weight excluding hydrogens is 370 g/mol. The highest BCUT2D eigenvalue weighted by Gasteiger charge is 2.74. The van der Waals surface area contributed by atoms with Gasteiger partial charge < -0.3 is 19.9 Å². The number of methoxy groups -OCH3 is 1. The Bertz CT molecular complexity index is 691. The van der Waals surface area contributed by atoms with Crippen molar-refractivity contribution in [2.45, 2.75) is 83.3 Å². The minimum absolute atomic E-state index is 0.0232. The molecule has 0 aromatic rings. The van der Waals surface area contributed by atoms with Gasteiger partial charge >= 0.3 is 0 Å². The normalized spacial score (nSPS) is 47.1. The van der Waals surface area contributed by atoms with Crippen LogP contribution < -0.4 is 5.32 Å². The van der Waals surface area contributed by atoms with Crippen LogP contribution in [-0.4, -0.2) is 54.4 Å². The average Bonchev–Trinajstić information content (AvgIpc) is 3.39. The smallest absolute Gasteiger partial charge is 0.235 e. The second kappa shape index (κ2) is 7.78. The van der Waals surface area contributed by atoms with E-state index >= 15 is 0 Å². The summed E-state index contributed by atoms with van der Waals surface area (Å²) in [6.07, 6.45) is 6.03. The number of epoxide rings is 1. The van der Waals surface area contributed by atoms with E-state index in [2.05, 4.69) is 26.1 Å². The number of carbonyl (C=O) groups excluding carboxylic acids is 2. The molecule has 1 amide bonds. The number of fused-ring (bicyclic) bond motifs is 2. The second-order valence-electron chi connectivity index (χ2n) is 9.92. The van der Waals surface area contributed by atoms with E-state index in [1.807, 2.05) is 6.08 Å². The van der Waals surface area contributed by atoms with Crippen LogP contribution in [-0.2, 0) is 19.1 Å². The Kier molecular flexibility index (Phi) is 5.64. The molecule has 0 bridgehead atoms. The van der Waals surface area contributed by atoms with Crippen molar-refractivity contribution >= 4 is 11.7 Å². The monoisotopic (exact) mass is 405 g/mol. The van der Waals surface area contributed by atoms with Crippen LogP contribution in [0.25, 0.3) is 0 Å². The largest absolute Gasteiger partial charge is 0.389 e. The molecule has 9 atom stereocenters. The lowest BCUT2D eigenvalue weighted by Gasteiger charge is -2.44. The minimum atomic E-state index is -1.13. The van der Waals surface area contributed by atoms with Gasteiger partial charge in [-0.3, -0.25) is 9.59 Å². The lowest BCUT2D eigenvalue weighted by molar-refractivity contribution is -0.149. The number of Topliss-reactive ketones (excluding diaryl/α,β-unsaturated/α-hetero) is 1. The van der Waals surface area contributed by atoms with Crippen LogP contribution in [0.2, 0.25) is 0 Å². The van der Waals surface area contributed by atoms with Gasteiger partial charge in [0.2, 0.25) is 5.91 Å². The molecule has 0 aromatic carbocycles. The molecule has 6 heteroatoms. The topological polar surface area (TPSA) is 88.2 Å². The van der Waals surface area contributed by atoms with E-state index in [-0.39, 0.29) is 60.2 Å². The minimum Gasteiger partial charge on any atom is -0.389 e. The molecule has 2 aliphatic heterocycles. The summed E-state index contributed by atoms with van der Waals surface area (Å²) in [4.78, 5) is 27.5. The maximum absolute atomic E-state index is 13.9. The third kappa shape index (κ3) is 3.37. The molecule has 29 heavy (non-hydrogen) atoms. The second-order valence-corrected chi connectivity index (χ2v) is 9.92. The van der Waals surface area contributed by atoms with E-state index in [0.29, 0.717) is 18.8 Å². The lowest BCUT2D eigenvalue weighted by atomic mass is 9.53. The summed E-state index contributed by atoms with van der Waals surface area (Å²) in [5.41, 5.74) is -1.13. The number of hydrogen-bond donors (Lipinski definition) is 2. The summed E-state index contributed by atoms with van der Waals surface area (Å²) in [6, 6.07) is -0.0291. The Hall–Kier alpha value is -1.24. The highest BCUT2D eigenvalue weighted by atomic mass is 16.6. The van der Waals surface area contributed by atoms with Crippen molar-refractivity contribution in [2.24, 2.45) is 29.1 Å². The van der Waals surface area contributed by atoms with E-state index in [1.54, 1.807) is 13.2 Å². The maximum atomic E-state index is 13.9. The van der Waals surface area contributed by atoms with E-state index in [4.69, 9.17) is 9.47 Å². The first-order valence-electron chi connectivity index (χ1n) is 11.2. The summed E-state index contributed by atoms with van der Waals surface area (Å²) in [7, 11) is 1.62. The van der Waals surface area contributed by atoms with Crippen molar-refractivity contribution in [1.29, 1.82) is 0 Å². The van der Waals surface area contributed by atoms with Crippen LogP contribution in [0, 0.1) is 29.1 Å². The summed E-state index contributed by atoms with van der Waals surface area (Å²) >= 11 is 0. The van der Waals surface area contributed by atoms with Gasteiger partial charge in [0, 0.05) is 31.4 Å². The summed E-state index contributed by atoms with van der Waals surface area (Å²) in [5.74, 6) is -0.0577. The van der Waals surface area contributed by atoms with Gasteiger partial charge in [-0.2, -0.15) is 0 Å². The standard InChI is InChI=1S/C23H35NO5/c1-12(2)10-17-19-13(3)20-21(29-20)16-9-8-14(25)6-5-7-15(28-4)11-18(26)23(16,19)22(27)24-17/h8-9,12-17,19-21,25H,5-7,10-11H2,1-4H3,(H,24,27). The maximum Gasteiger partial charge on any atom is 0.235 e. The lowest BCUT2D eigenvalue weighted by Crippen LogP contribution is -2.56. The van der Waals surface area contributed by atoms with Crippen LogP contribution in [0.3, 0.4) is 0 Å². The molecule has 1 spiro atoms. The molecule has 9 unspecified atom stereocenters. The van der Waals surface area contributed by atoms with E-state index < -0.39 is 11.5 Å². The van der Waals surface area contributed by atoms with Crippen molar-refractivity contribution < 1.29 is 24.2 Å². The highest BCUT2D eigenvalue weighted by Crippen LogP contribution is 2.61. The molecule has 0 radical (unpaired) electrons. The van der Waals surface area contributed by atoms with Crippen LogP contribution in [0.15, 0.2) is 12.2 Å². The fourth-order valence-corrected chi connectivity index (χ4v) is 6.36. The van der Waals surface area contributed by atoms with Crippen molar-refractivity contribution in [3.8, 4) is 0 Å². The van der Waals surface area contributed by atoms with Gasteiger partial charge in [0.15, 0.2) is 5.78 Å². The van der Waals surface area contributed by atoms with Crippen molar-refractivity contribution in [2.75, 3.05) is 7.11 Å². The Labute approximate surface area is 173 Å². The summed E-state index contributed by atoms with van der Waals surface area (Å²) in [6.45, 7) is 6.43. The zero-order valence-corrected chi connectivity index (χ0v) is 18.0. The first-order valence-corrected chi connectivity index (χ1v) is 11.2. The van der Waals surface area contributed by atoms with Crippen LogP contribution in [0.4, 0.5) is 0 Å². The van der Waals surface area contributed by atoms with Gasteiger partial charge in [0.1, 0.15) is 5.41 Å². The number of aliphatic hydroxyl groups is 1. The molecule has 2 heterocycles. The number of ketones is 1. The number of carbonyl (C=O) groups is 2. The van der Waals surface area contributed by atoms with Gasteiger partial charge in [-0.05, 0) is 37.5 Å². The van der Waals surface area contributed by atoms with Gasteiger partial charge in [-0.25, -0.2) is 0 Å². The van der Waals surface area contributed by atoms with Gasteiger partial charge in [-0.1, -0.05) is 32.9 Å². The predicted octanol–water partition coefficient (Wildman–Crippen LogP) is 2.24. The molecule has 3 fully saturated rings. The molecule has 2 N–H and O–H groups in total. The third-order valence-electron chi connectivity index (χ3n) is 7.68. The van der Waals surface area contributed by atoms with Gasteiger partial charge in [0.05, 0.1) is 24.4 Å². The molecule has 1 saturated carbocycles. The molecular formula is C23H35NO5. The van der Waals surface area contributed by atoms with E-state index in [9.17, 15) is 14.7 Å². The Morgan fingerprint density at radius 1 is 1.28 bits per heavy atom. The fourth-order valence-electron chi connectivity index (χ4n) is 6.36. The highest BCUT2D eigenvalue weighted by molar-refractivity contribution is 6.09. The number of rotatable bonds is 3. The Morgan fingerprint density at radius 2 is 2.03 bits per heavy atom. The quantitative estimate of drug-likeness (QED) is 0.427. The van der Waals surface area contributed by atoms with E-state index in [1.165, 1.54) is 0 Å². The zero-order valence-electron chi connectivity index (χ0n) is 18.0. The van der Waals surface area contributed by atoms with Crippen LogP contribution in [0.1, 0.15) is 52.9 Å². The van der Waals surface area contributed by atoms with Crippen LogP contribution in [0.5, 0.6) is 0 Å². The fraction of sp³-hybridized carbons (Fsp3) is 0.826. The molecule has 2 aliphatic carbocycles. The van der Waals surface area contributed by atoms with Gasteiger partial charge in [-0.15, -0.1) is 0 Å². The van der Waals surface area contributed by atoms with Crippen molar-refractivity contribution in [1.82, 2.24) is 5.32 Å². The average molecular weight is 406 g/mol. The van der Waals surface area contributed by atoms with Crippen molar-refractivity contribution in [3.63, 3.8) is 0 Å². The van der Waals surface area contributed by atoms with E-state index in [0.717, 1.165) is 12.8 Å². The number of ether oxygens (including phenoxy) is 2. The first-order chi connectivity index (χ1) is 13.8. The molecule has 0 aromatic heterocycles. The molecule has 4 rings (SSSR count). The zero-order chi connectivity index (χ0) is 20.9. The number of hydrogen-bond acceptors (Lipinski definition) is 5. The molecule has 2 saturated heterocycles. The van der Waals surface area contributed by atoms with Crippen LogP contribution >= 0.6 is 0 Å². The SMILES string of the molecule is COC1CCCC(O)C=CC2C3OC3C(C)C3C(CC(C)C)NC(=O)C23C(=O)C1. The summed E-state index contributed by atoms with van der Waals surface area (Å²) in [5, 5.41) is 13.6. The third-order valence-corrected chi connectivity index (χ3v) is 7.68. The molecule has 162 valence electrons. The molecule has 6 nitrogen and oxygen atoms in total. The summed E-state index contributed by atoms with van der Waals surface area (Å²) < 4.78 is 11.6. The molecule has 4 aliphatic rings. The Balaban J connectivity index is 1.81. The number of amides is 1. The first kappa shape index (κ1) is 21.0. The Morgan fingerprint density at radius 3 is 2.72 bits per heavy atom. The van der Waals surface area contributed by atoms with Crippen molar-refractivity contribution in [3.05, 3.63) is 12.2 Å². The predicted molar refractivity (Wildman–Crippen MR) is 108 cm³/mol. The number of aliphatic hydroxyl groups excluding tert-OH is 1.